The lowest BCUT2D eigenvalue weighted by molar-refractivity contribution is -0.143. The Morgan fingerprint density at radius 2 is 1.43 bits per heavy atom. The number of carbonyl (C=O) groups excluding carboxylic acids is 1. The molecule has 0 spiro atoms. The standard InChI is InChI=1S/C12H13BrF2O3.C6H3BrF2O/c1-2-17-11(16)4-3-5-18-12-9(14)6-8(13)7-10(12)15;7-3-1-4(8)6(10)5(9)2-3/h6-7H,2-5H2,1H3;1-2,10H. The van der Waals surface area contributed by atoms with E-state index < -0.39 is 34.8 Å². The van der Waals surface area contributed by atoms with Gasteiger partial charge in [-0.25, -0.2) is 17.6 Å². The Labute approximate surface area is 175 Å². The van der Waals surface area contributed by atoms with Crippen LogP contribution in [-0.2, 0) is 9.53 Å². The molecule has 0 aliphatic rings. The van der Waals surface area contributed by atoms with Gasteiger partial charge in [-0.3, -0.25) is 4.79 Å². The van der Waals surface area contributed by atoms with Crippen LogP contribution in [-0.4, -0.2) is 24.3 Å². The number of hydrogen-bond acceptors (Lipinski definition) is 4. The van der Waals surface area contributed by atoms with Crippen LogP contribution >= 0.6 is 31.9 Å². The summed E-state index contributed by atoms with van der Waals surface area (Å²) in [6, 6.07) is 4.20. The number of benzene rings is 2. The lowest BCUT2D eigenvalue weighted by Gasteiger charge is -2.08. The maximum atomic E-state index is 13.3. The molecule has 0 atom stereocenters. The van der Waals surface area contributed by atoms with Crippen molar-refractivity contribution < 1.29 is 36.9 Å². The Bertz CT molecular complexity index is 772. The van der Waals surface area contributed by atoms with Crippen molar-refractivity contribution in [3.63, 3.8) is 0 Å². The van der Waals surface area contributed by atoms with Crippen LogP contribution < -0.4 is 4.74 Å². The largest absolute Gasteiger partial charge is 0.503 e. The maximum absolute atomic E-state index is 13.3. The van der Waals surface area contributed by atoms with Crippen molar-refractivity contribution in [3.05, 3.63) is 56.5 Å². The van der Waals surface area contributed by atoms with Crippen molar-refractivity contribution in [1.29, 1.82) is 0 Å². The molecule has 2 aromatic rings. The molecule has 10 heteroatoms. The van der Waals surface area contributed by atoms with Crippen LogP contribution in [0.3, 0.4) is 0 Å². The molecule has 4 nitrogen and oxygen atoms in total. The van der Waals surface area contributed by atoms with E-state index >= 15 is 0 Å². The predicted molar refractivity (Wildman–Crippen MR) is 101 cm³/mol. The molecule has 0 fully saturated rings. The van der Waals surface area contributed by atoms with Crippen molar-refractivity contribution in [1.82, 2.24) is 0 Å². The third-order valence-electron chi connectivity index (χ3n) is 3.02. The number of halogens is 6. The summed E-state index contributed by atoms with van der Waals surface area (Å²) in [5.41, 5.74) is 0. The van der Waals surface area contributed by atoms with Gasteiger partial charge in [-0.05, 0) is 37.6 Å². The number of hydrogen-bond donors (Lipinski definition) is 1. The highest BCUT2D eigenvalue weighted by Crippen LogP contribution is 2.26. The summed E-state index contributed by atoms with van der Waals surface area (Å²) in [6.45, 7) is 2.07. The SMILES string of the molecule is CCOC(=O)CCCOc1c(F)cc(Br)cc1F.Oc1c(F)cc(Br)cc1F. The fourth-order valence-electron chi connectivity index (χ4n) is 1.83. The Morgan fingerprint density at radius 3 is 1.89 bits per heavy atom. The number of carbonyl (C=O) groups is 1. The summed E-state index contributed by atoms with van der Waals surface area (Å²) in [5.74, 6) is -5.21. The Balaban J connectivity index is 0.000000330. The first-order valence-corrected chi connectivity index (χ1v) is 9.50. The van der Waals surface area contributed by atoms with E-state index in [9.17, 15) is 22.4 Å². The van der Waals surface area contributed by atoms with Crippen LogP contribution in [0.2, 0.25) is 0 Å². The van der Waals surface area contributed by atoms with E-state index in [1.807, 2.05) is 0 Å². The second-order valence-corrected chi connectivity index (χ2v) is 7.00. The highest BCUT2D eigenvalue weighted by Gasteiger charge is 2.12. The van der Waals surface area contributed by atoms with E-state index in [0.717, 1.165) is 24.3 Å². The Morgan fingerprint density at radius 1 is 0.964 bits per heavy atom. The number of phenolic OH excluding ortho intramolecular Hbond substituents is 1. The van der Waals surface area contributed by atoms with E-state index in [4.69, 9.17) is 14.6 Å². The molecule has 0 aromatic heterocycles. The van der Waals surface area contributed by atoms with Crippen LogP contribution in [0.25, 0.3) is 0 Å². The third-order valence-corrected chi connectivity index (χ3v) is 3.94. The smallest absolute Gasteiger partial charge is 0.305 e. The number of ether oxygens (including phenoxy) is 2. The molecule has 0 aliphatic carbocycles. The molecule has 0 saturated heterocycles. The lowest BCUT2D eigenvalue weighted by Crippen LogP contribution is -2.07. The number of rotatable bonds is 6. The quantitative estimate of drug-likeness (QED) is 0.287. The van der Waals surface area contributed by atoms with Gasteiger partial charge in [0.25, 0.3) is 0 Å². The van der Waals surface area contributed by atoms with Crippen LogP contribution in [0, 0.1) is 23.3 Å². The molecule has 0 bridgehead atoms. The molecule has 0 aliphatic heterocycles. The first-order chi connectivity index (χ1) is 13.1. The summed E-state index contributed by atoms with van der Waals surface area (Å²) >= 11 is 5.82. The van der Waals surface area contributed by atoms with E-state index in [1.165, 1.54) is 0 Å². The van der Waals surface area contributed by atoms with Gasteiger partial charge in [0.2, 0.25) is 0 Å². The zero-order valence-corrected chi connectivity index (χ0v) is 17.7. The van der Waals surface area contributed by atoms with E-state index in [1.54, 1.807) is 6.92 Å². The van der Waals surface area contributed by atoms with Crippen LogP contribution in [0.1, 0.15) is 19.8 Å². The van der Waals surface area contributed by atoms with E-state index in [2.05, 4.69) is 31.9 Å². The number of esters is 1. The van der Waals surface area contributed by atoms with Gasteiger partial charge in [-0.15, -0.1) is 0 Å². The van der Waals surface area contributed by atoms with Gasteiger partial charge in [0, 0.05) is 15.4 Å². The van der Waals surface area contributed by atoms with E-state index in [-0.39, 0.29) is 23.5 Å². The van der Waals surface area contributed by atoms with Gasteiger partial charge in [0.1, 0.15) is 0 Å². The zero-order chi connectivity index (χ0) is 21.3. The first kappa shape index (κ1) is 24.2. The molecular formula is C18H16Br2F4O4. The zero-order valence-electron chi connectivity index (χ0n) is 14.6. The lowest BCUT2D eigenvalue weighted by atomic mass is 10.3. The maximum Gasteiger partial charge on any atom is 0.305 e. The molecule has 2 aromatic carbocycles. The summed E-state index contributed by atoms with van der Waals surface area (Å²) in [7, 11) is 0. The fraction of sp³-hybridized carbons (Fsp3) is 0.278. The number of phenols is 1. The minimum absolute atomic E-state index is 0.0499. The Hall–Kier alpha value is -1.81. The van der Waals surface area contributed by atoms with Crippen molar-refractivity contribution in [2.45, 2.75) is 19.8 Å². The van der Waals surface area contributed by atoms with Crippen LogP contribution in [0.5, 0.6) is 11.5 Å². The molecule has 1 N–H and O–H groups in total. The minimum atomic E-state index is -0.966. The Kier molecular flexibility index (Phi) is 10.3. The fourth-order valence-corrected chi connectivity index (χ4v) is 2.63. The molecule has 0 radical (unpaired) electrons. The van der Waals surface area contributed by atoms with Crippen molar-refractivity contribution in [2.75, 3.05) is 13.2 Å². The van der Waals surface area contributed by atoms with Crippen molar-refractivity contribution in [3.8, 4) is 11.5 Å². The second-order valence-electron chi connectivity index (χ2n) is 5.17. The topological polar surface area (TPSA) is 55.8 Å². The molecule has 0 unspecified atom stereocenters. The molecule has 0 amide bonds. The number of aromatic hydroxyl groups is 1. The predicted octanol–water partition coefficient (Wildman–Crippen LogP) is 5.88. The molecule has 0 saturated carbocycles. The molecule has 28 heavy (non-hydrogen) atoms. The minimum Gasteiger partial charge on any atom is -0.503 e. The highest BCUT2D eigenvalue weighted by molar-refractivity contribution is 9.10. The summed E-state index contributed by atoms with van der Waals surface area (Å²) in [6.07, 6.45) is 0.501. The van der Waals surface area contributed by atoms with Crippen molar-refractivity contribution >= 4 is 37.8 Å². The normalized spacial score (nSPS) is 10.1. The molecule has 2 rings (SSSR count). The summed E-state index contributed by atoms with van der Waals surface area (Å²) < 4.78 is 61.6. The van der Waals surface area contributed by atoms with E-state index in [0.29, 0.717) is 17.5 Å². The average molecular weight is 532 g/mol. The van der Waals surface area contributed by atoms with Crippen LogP contribution in [0.4, 0.5) is 17.6 Å². The van der Waals surface area contributed by atoms with Gasteiger partial charge < -0.3 is 14.6 Å². The van der Waals surface area contributed by atoms with Crippen molar-refractivity contribution in [2.24, 2.45) is 0 Å². The van der Waals surface area contributed by atoms with Gasteiger partial charge >= 0.3 is 5.97 Å². The van der Waals surface area contributed by atoms with Gasteiger partial charge in [0.05, 0.1) is 13.2 Å². The molecule has 154 valence electrons. The monoisotopic (exact) mass is 530 g/mol. The average Bonchev–Trinajstić information content (AvgIpc) is 2.59. The van der Waals surface area contributed by atoms with Gasteiger partial charge in [0.15, 0.2) is 34.8 Å². The third kappa shape index (κ3) is 8.05. The molecular weight excluding hydrogens is 516 g/mol. The van der Waals surface area contributed by atoms with Gasteiger partial charge in [-0.2, -0.15) is 0 Å². The first-order valence-electron chi connectivity index (χ1n) is 7.92. The second kappa shape index (κ2) is 11.9. The highest BCUT2D eigenvalue weighted by atomic mass is 79.9. The molecule has 0 heterocycles. The van der Waals surface area contributed by atoms with Crippen LogP contribution in [0.15, 0.2) is 33.2 Å². The van der Waals surface area contributed by atoms with Gasteiger partial charge in [-0.1, -0.05) is 31.9 Å². The summed E-state index contributed by atoms with van der Waals surface area (Å²) in [4.78, 5) is 11.0. The summed E-state index contributed by atoms with van der Waals surface area (Å²) in [5, 5.41) is 8.56.